The number of rotatable bonds is 3. The molecule has 98 valence electrons. The van der Waals surface area contributed by atoms with Crippen molar-refractivity contribution < 1.29 is 14.0 Å². The van der Waals surface area contributed by atoms with E-state index < -0.39 is 23.6 Å². The summed E-state index contributed by atoms with van der Waals surface area (Å²) in [4.78, 5) is 4.00. The van der Waals surface area contributed by atoms with E-state index in [9.17, 15) is 0 Å². The van der Waals surface area contributed by atoms with E-state index in [2.05, 4.69) is 4.98 Å². The van der Waals surface area contributed by atoms with Gasteiger partial charge in [0, 0.05) is 6.20 Å². The van der Waals surface area contributed by atoms with Crippen LogP contribution in [-0.2, 0) is 9.31 Å². The van der Waals surface area contributed by atoms with Crippen LogP contribution in [0.15, 0.2) is 18.3 Å². The molecule has 0 amide bonds. The van der Waals surface area contributed by atoms with Gasteiger partial charge in [0.15, 0.2) is 0 Å². The number of aromatic nitrogens is 1. The van der Waals surface area contributed by atoms with Gasteiger partial charge in [-0.25, -0.2) is 4.98 Å². The van der Waals surface area contributed by atoms with Crippen molar-refractivity contribution in [1.82, 2.24) is 4.98 Å². The molecule has 0 aliphatic carbocycles. The minimum absolute atomic E-state index is 0.213. The molecule has 0 unspecified atom stereocenters. The number of hydrogen-bond acceptors (Lipinski definition) is 4. The molecule has 4 nitrogen and oxygen atoms in total. The van der Waals surface area contributed by atoms with Gasteiger partial charge in [-0.1, -0.05) is 0 Å². The molecule has 1 aliphatic rings. The highest BCUT2D eigenvalue weighted by molar-refractivity contribution is 6.62. The Hall–Kier alpha value is -0.870. The van der Waals surface area contributed by atoms with E-state index >= 15 is 0 Å². The van der Waals surface area contributed by atoms with Gasteiger partial charge in [-0.05, 0) is 50.6 Å². The van der Waals surface area contributed by atoms with Crippen LogP contribution in [0.2, 0.25) is 0 Å². The lowest BCUT2D eigenvalue weighted by molar-refractivity contribution is 0.00578. The molecule has 1 aromatic rings. The van der Waals surface area contributed by atoms with Gasteiger partial charge >= 0.3 is 7.12 Å². The standard InChI is InChI=1S/C12H15B4NO3/c1-10(2)11(3,4)20-16(19-10)8-5-6-17-9(7-8)18-12(13,14)15/h5-7H,1-4H3. The first-order chi connectivity index (χ1) is 9.00. The summed E-state index contributed by atoms with van der Waals surface area (Å²) in [6.07, 6.45) is 1.56. The molecule has 1 saturated heterocycles. The van der Waals surface area contributed by atoms with E-state index in [1.807, 2.05) is 27.7 Å². The van der Waals surface area contributed by atoms with Crippen LogP contribution in [0.1, 0.15) is 27.7 Å². The molecule has 0 aromatic carbocycles. The second-order valence-corrected chi connectivity index (χ2v) is 5.97. The maximum absolute atomic E-state index is 5.94. The van der Waals surface area contributed by atoms with Gasteiger partial charge in [0.25, 0.3) is 0 Å². The SMILES string of the molecule is [B]C([B])([B])Oc1cc(B2OC(C)(C)C(C)(C)O2)ccn1. The first kappa shape index (κ1) is 15.5. The zero-order chi connectivity index (χ0) is 15.2. The van der Waals surface area contributed by atoms with Crippen LogP contribution in [0.4, 0.5) is 0 Å². The summed E-state index contributed by atoms with van der Waals surface area (Å²) in [5.74, 6) is 0.213. The van der Waals surface area contributed by atoms with Crippen molar-refractivity contribution >= 4 is 36.1 Å². The maximum atomic E-state index is 5.94. The summed E-state index contributed by atoms with van der Waals surface area (Å²) in [6.45, 7) is 7.93. The van der Waals surface area contributed by atoms with E-state index in [4.69, 9.17) is 37.6 Å². The summed E-state index contributed by atoms with van der Waals surface area (Å²) < 4.78 is 17.0. The Balaban J connectivity index is 2.21. The molecule has 0 spiro atoms. The largest absolute Gasteiger partial charge is 0.501 e. The Morgan fingerprint density at radius 2 is 1.70 bits per heavy atom. The normalized spacial score (nSPS) is 20.9. The Labute approximate surface area is 124 Å². The molecule has 0 bridgehead atoms. The Morgan fingerprint density at radius 1 is 1.15 bits per heavy atom. The molecule has 8 heteroatoms. The van der Waals surface area contributed by atoms with Crippen LogP contribution in [-0.4, -0.2) is 52.1 Å². The molecule has 1 aromatic heterocycles. The van der Waals surface area contributed by atoms with Gasteiger partial charge in [-0.3, -0.25) is 0 Å². The van der Waals surface area contributed by atoms with Gasteiger partial charge in [0.05, 0.1) is 11.2 Å². The minimum atomic E-state index is -1.78. The van der Waals surface area contributed by atoms with Crippen molar-refractivity contribution in [3.05, 3.63) is 18.3 Å². The quantitative estimate of drug-likeness (QED) is 0.714. The van der Waals surface area contributed by atoms with Gasteiger partial charge in [0.1, 0.15) is 23.5 Å². The lowest BCUT2D eigenvalue weighted by atomic mass is 9.52. The maximum Gasteiger partial charge on any atom is 0.495 e. The average molecular weight is 265 g/mol. The zero-order valence-corrected chi connectivity index (χ0v) is 12.2. The fraction of sp³-hybridized carbons (Fsp3) is 0.583. The lowest BCUT2D eigenvalue weighted by Gasteiger charge is -2.32. The number of nitrogens with zero attached hydrogens (tertiary/aromatic N) is 1. The van der Waals surface area contributed by atoms with E-state index in [-0.39, 0.29) is 5.88 Å². The lowest BCUT2D eigenvalue weighted by Crippen LogP contribution is -2.41. The molecule has 1 aliphatic heterocycles. The average Bonchev–Trinajstić information content (AvgIpc) is 2.46. The number of ether oxygens (including phenoxy) is 1. The van der Waals surface area contributed by atoms with Gasteiger partial charge in [0.2, 0.25) is 5.88 Å². The molecule has 1 fully saturated rings. The Kier molecular flexibility index (Phi) is 3.76. The van der Waals surface area contributed by atoms with Crippen molar-refractivity contribution in [1.29, 1.82) is 0 Å². The van der Waals surface area contributed by atoms with Crippen LogP contribution in [0.3, 0.4) is 0 Å². The fourth-order valence-corrected chi connectivity index (χ4v) is 1.79. The van der Waals surface area contributed by atoms with Crippen LogP contribution in [0, 0.1) is 0 Å². The summed E-state index contributed by atoms with van der Waals surface area (Å²) in [7, 11) is 15.7. The van der Waals surface area contributed by atoms with Crippen LogP contribution in [0.25, 0.3) is 0 Å². The Morgan fingerprint density at radius 3 is 2.20 bits per heavy atom. The third-order valence-corrected chi connectivity index (χ3v) is 3.57. The van der Waals surface area contributed by atoms with E-state index in [1.165, 1.54) is 0 Å². The Bertz CT molecular complexity index is 486. The third kappa shape index (κ3) is 3.23. The first-order valence-electron chi connectivity index (χ1n) is 6.37. The molecule has 20 heavy (non-hydrogen) atoms. The van der Waals surface area contributed by atoms with Gasteiger partial charge < -0.3 is 14.0 Å². The van der Waals surface area contributed by atoms with Crippen molar-refractivity contribution in [2.75, 3.05) is 0 Å². The second-order valence-electron chi connectivity index (χ2n) is 5.97. The van der Waals surface area contributed by atoms with Crippen molar-refractivity contribution in [3.8, 4) is 5.88 Å². The molecule has 0 N–H and O–H groups in total. The number of pyridine rings is 1. The highest BCUT2D eigenvalue weighted by atomic mass is 16.7. The van der Waals surface area contributed by atoms with Gasteiger partial charge in [-0.15, -0.1) is 0 Å². The first-order valence-corrected chi connectivity index (χ1v) is 6.37. The summed E-state index contributed by atoms with van der Waals surface area (Å²) in [5.41, 5.74) is -0.0688. The smallest absolute Gasteiger partial charge is 0.495 e. The molecular weight excluding hydrogens is 249 g/mol. The second kappa shape index (κ2) is 4.85. The van der Waals surface area contributed by atoms with E-state index in [0.29, 0.717) is 0 Å². The molecule has 6 radical (unpaired) electrons. The molecule has 0 saturated carbocycles. The highest BCUT2D eigenvalue weighted by Gasteiger charge is 2.51. The minimum Gasteiger partial charge on any atom is -0.501 e. The molecule has 2 rings (SSSR count). The molecule has 0 atom stereocenters. The van der Waals surface area contributed by atoms with Gasteiger partial charge in [-0.2, -0.15) is 0 Å². The number of hydrogen-bond donors (Lipinski definition) is 0. The predicted octanol–water partition coefficient (Wildman–Crippen LogP) is -0.124. The summed E-state index contributed by atoms with van der Waals surface area (Å²) in [5, 5.41) is -1.78. The van der Waals surface area contributed by atoms with E-state index in [0.717, 1.165) is 5.46 Å². The molecule has 2 heterocycles. The predicted molar refractivity (Wildman–Crippen MR) is 80.6 cm³/mol. The van der Waals surface area contributed by atoms with Crippen molar-refractivity contribution in [2.45, 2.75) is 44.2 Å². The summed E-state index contributed by atoms with van der Waals surface area (Å²) >= 11 is 0. The van der Waals surface area contributed by atoms with Crippen LogP contribution in [0.5, 0.6) is 5.88 Å². The summed E-state index contributed by atoms with van der Waals surface area (Å²) in [6, 6.07) is 3.42. The fourth-order valence-electron chi connectivity index (χ4n) is 1.79. The van der Waals surface area contributed by atoms with E-state index in [1.54, 1.807) is 18.3 Å². The zero-order valence-electron chi connectivity index (χ0n) is 12.2. The topological polar surface area (TPSA) is 40.6 Å². The third-order valence-electron chi connectivity index (χ3n) is 3.57. The van der Waals surface area contributed by atoms with Crippen molar-refractivity contribution in [2.24, 2.45) is 0 Å². The van der Waals surface area contributed by atoms with Crippen molar-refractivity contribution in [3.63, 3.8) is 0 Å². The highest BCUT2D eigenvalue weighted by Crippen LogP contribution is 2.36. The van der Waals surface area contributed by atoms with Crippen LogP contribution >= 0.6 is 0 Å². The molecular formula is C12H15B4NO3. The monoisotopic (exact) mass is 265 g/mol. The van der Waals surface area contributed by atoms with Crippen LogP contribution < -0.4 is 10.2 Å².